The van der Waals surface area contributed by atoms with E-state index in [4.69, 9.17) is 14.2 Å². The van der Waals surface area contributed by atoms with Crippen molar-refractivity contribution < 1.29 is 23.9 Å². The van der Waals surface area contributed by atoms with Crippen molar-refractivity contribution in [3.8, 4) is 11.5 Å². The molecule has 0 unspecified atom stereocenters. The minimum atomic E-state index is -0.474. The zero-order chi connectivity index (χ0) is 18.4. The highest BCUT2D eigenvalue weighted by Crippen LogP contribution is 2.40. The van der Waals surface area contributed by atoms with Crippen molar-refractivity contribution in [3.63, 3.8) is 0 Å². The number of carbonyl (C=O) groups excluding carboxylic acids is 1. The summed E-state index contributed by atoms with van der Waals surface area (Å²) in [6, 6.07) is 9.53. The van der Waals surface area contributed by atoms with Crippen LogP contribution < -0.4 is 9.47 Å². The normalized spacial score (nSPS) is 10.2. The van der Waals surface area contributed by atoms with Gasteiger partial charge in [-0.3, -0.25) is 10.1 Å². The molecule has 25 heavy (non-hydrogen) atoms. The van der Waals surface area contributed by atoms with Crippen molar-refractivity contribution in [1.29, 1.82) is 0 Å². The zero-order valence-corrected chi connectivity index (χ0v) is 14.8. The number of nitrogens with zero attached hydrogens (tertiary/aromatic N) is 1. The average Bonchev–Trinajstić information content (AvgIpc) is 2.64. The van der Waals surface area contributed by atoms with Gasteiger partial charge in [0.25, 0.3) is 5.69 Å². The number of ether oxygens (including phenoxy) is 3. The van der Waals surface area contributed by atoms with Gasteiger partial charge in [-0.1, -0.05) is 12.1 Å². The van der Waals surface area contributed by atoms with Crippen molar-refractivity contribution in [3.05, 3.63) is 57.6 Å². The van der Waals surface area contributed by atoms with Gasteiger partial charge in [0.05, 0.1) is 36.7 Å². The van der Waals surface area contributed by atoms with E-state index in [1.165, 1.54) is 45.2 Å². The van der Waals surface area contributed by atoms with Crippen LogP contribution in [-0.4, -0.2) is 32.2 Å². The fraction of sp³-hybridized carbons (Fsp3) is 0.235. The summed E-state index contributed by atoms with van der Waals surface area (Å²) < 4.78 is 15.4. The number of rotatable bonds is 7. The first-order valence-corrected chi connectivity index (χ1v) is 8.19. The molecule has 0 aliphatic heterocycles. The maximum atomic E-state index is 11.8. The molecule has 7 nitrogen and oxygen atoms in total. The van der Waals surface area contributed by atoms with E-state index < -0.39 is 10.9 Å². The van der Waals surface area contributed by atoms with Gasteiger partial charge in [-0.05, 0) is 17.7 Å². The lowest BCUT2D eigenvalue weighted by molar-refractivity contribution is -0.384. The predicted octanol–water partition coefficient (Wildman–Crippen LogP) is 3.69. The lowest BCUT2D eigenvalue weighted by Crippen LogP contribution is -2.03. The molecule has 0 N–H and O–H groups in total. The Hall–Kier alpha value is -2.74. The van der Waals surface area contributed by atoms with Crippen LogP contribution in [0.1, 0.15) is 15.9 Å². The topological polar surface area (TPSA) is 87.9 Å². The summed E-state index contributed by atoms with van der Waals surface area (Å²) in [6.07, 6.45) is 0. The summed E-state index contributed by atoms with van der Waals surface area (Å²) in [4.78, 5) is 22.8. The van der Waals surface area contributed by atoms with Crippen molar-refractivity contribution in [2.75, 3.05) is 21.3 Å². The number of thioether (sulfide) groups is 1. The largest absolute Gasteiger partial charge is 0.493 e. The smallest absolute Gasteiger partial charge is 0.338 e. The van der Waals surface area contributed by atoms with Crippen molar-refractivity contribution in [1.82, 2.24) is 0 Å². The molecule has 0 atom stereocenters. The third kappa shape index (κ3) is 4.42. The molecule has 8 heteroatoms. The third-order valence-corrected chi connectivity index (χ3v) is 4.50. The Balaban J connectivity index is 2.27. The fourth-order valence-electron chi connectivity index (χ4n) is 2.15. The molecule has 0 aliphatic carbocycles. The zero-order valence-electron chi connectivity index (χ0n) is 14.0. The second-order valence-electron chi connectivity index (χ2n) is 4.91. The van der Waals surface area contributed by atoms with E-state index >= 15 is 0 Å². The summed E-state index contributed by atoms with van der Waals surface area (Å²) in [7, 11) is 4.32. The lowest BCUT2D eigenvalue weighted by Gasteiger charge is -2.14. The number of nitro groups is 1. The Morgan fingerprint density at radius 3 is 2.32 bits per heavy atom. The standard InChI is InChI=1S/C17H17NO6S/c1-22-14-8-12(17(19)24-3)9-15(16(14)23-2)25-10-11-4-6-13(7-5-11)18(20)21/h4-9H,10H2,1-3H3. The number of methoxy groups -OCH3 is 3. The molecular weight excluding hydrogens is 346 g/mol. The fourth-order valence-corrected chi connectivity index (χ4v) is 3.19. The van der Waals surface area contributed by atoms with E-state index in [0.717, 1.165) is 5.56 Å². The van der Waals surface area contributed by atoms with Gasteiger partial charge in [0.1, 0.15) is 0 Å². The summed E-state index contributed by atoms with van der Waals surface area (Å²) in [5.41, 5.74) is 1.30. The molecule has 132 valence electrons. The van der Waals surface area contributed by atoms with Crippen LogP contribution in [0.5, 0.6) is 11.5 Å². The van der Waals surface area contributed by atoms with E-state index in [-0.39, 0.29) is 5.69 Å². The van der Waals surface area contributed by atoms with Gasteiger partial charge >= 0.3 is 5.97 Å². The summed E-state index contributed by atoms with van der Waals surface area (Å²) >= 11 is 1.43. The lowest BCUT2D eigenvalue weighted by atomic mass is 10.2. The molecule has 2 aromatic rings. The molecule has 2 aromatic carbocycles. The molecule has 0 fully saturated rings. The molecule has 0 heterocycles. The van der Waals surface area contributed by atoms with Gasteiger partial charge in [-0.2, -0.15) is 0 Å². The molecule has 0 bridgehead atoms. The predicted molar refractivity (Wildman–Crippen MR) is 93.5 cm³/mol. The molecule has 0 radical (unpaired) electrons. The van der Waals surface area contributed by atoms with Gasteiger partial charge < -0.3 is 14.2 Å². The molecule has 0 aliphatic rings. The van der Waals surface area contributed by atoms with Gasteiger partial charge in [0.2, 0.25) is 0 Å². The minimum absolute atomic E-state index is 0.0423. The first-order valence-electron chi connectivity index (χ1n) is 7.20. The monoisotopic (exact) mass is 363 g/mol. The number of non-ortho nitro benzene ring substituents is 1. The van der Waals surface area contributed by atoms with Gasteiger partial charge in [-0.25, -0.2) is 4.79 Å². The molecule has 2 rings (SSSR count). The minimum Gasteiger partial charge on any atom is -0.493 e. The Morgan fingerprint density at radius 2 is 1.80 bits per heavy atom. The van der Waals surface area contributed by atoms with Crippen LogP contribution in [0.15, 0.2) is 41.3 Å². The van der Waals surface area contributed by atoms with Crippen LogP contribution >= 0.6 is 11.8 Å². The summed E-state index contributed by atoms with van der Waals surface area (Å²) in [5.74, 6) is 1.01. The van der Waals surface area contributed by atoms with E-state index in [2.05, 4.69) is 0 Å². The van der Waals surface area contributed by atoms with Crippen molar-refractivity contribution in [2.24, 2.45) is 0 Å². The summed E-state index contributed by atoms with van der Waals surface area (Å²) in [5, 5.41) is 10.7. The average molecular weight is 363 g/mol. The number of esters is 1. The molecule has 0 saturated carbocycles. The maximum absolute atomic E-state index is 11.8. The maximum Gasteiger partial charge on any atom is 0.338 e. The van der Waals surface area contributed by atoms with Crippen LogP contribution in [0.3, 0.4) is 0 Å². The Kier molecular flexibility index (Phi) is 6.24. The molecule has 0 aromatic heterocycles. The van der Waals surface area contributed by atoms with Crippen LogP contribution in [-0.2, 0) is 10.5 Å². The first kappa shape index (κ1) is 18.6. The second kappa shape index (κ2) is 8.39. The molecule has 0 spiro atoms. The molecule has 0 saturated heterocycles. The van der Waals surface area contributed by atoms with Crippen molar-refractivity contribution in [2.45, 2.75) is 10.6 Å². The highest BCUT2D eigenvalue weighted by Gasteiger charge is 2.17. The third-order valence-electron chi connectivity index (χ3n) is 3.41. The van der Waals surface area contributed by atoms with Crippen LogP contribution in [0.2, 0.25) is 0 Å². The second-order valence-corrected chi connectivity index (χ2v) is 5.93. The number of benzene rings is 2. The first-order chi connectivity index (χ1) is 12.0. The van der Waals surface area contributed by atoms with Gasteiger partial charge in [0, 0.05) is 17.9 Å². The highest BCUT2D eigenvalue weighted by molar-refractivity contribution is 7.98. The van der Waals surface area contributed by atoms with Crippen molar-refractivity contribution >= 4 is 23.4 Å². The number of hydrogen-bond donors (Lipinski definition) is 0. The Morgan fingerprint density at radius 1 is 1.12 bits per heavy atom. The Labute approximate surface area is 149 Å². The van der Waals surface area contributed by atoms with E-state index in [9.17, 15) is 14.9 Å². The highest BCUT2D eigenvalue weighted by atomic mass is 32.2. The number of carbonyl (C=O) groups is 1. The quantitative estimate of drug-likeness (QED) is 0.321. The van der Waals surface area contributed by atoms with E-state index in [1.807, 2.05) is 0 Å². The van der Waals surface area contributed by atoms with Gasteiger partial charge in [0.15, 0.2) is 11.5 Å². The number of nitro benzene ring substituents is 1. The van der Waals surface area contributed by atoms with Gasteiger partial charge in [-0.15, -0.1) is 11.8 Å². The van der Waals surface area contributed by atoms with E-state index in [1.54, 1.807) is 24.3 Å². The van der Waals surface area contributed by atoms with E-state index in [0.29, 0.717) is 27.7 Å². The SMILES string of the molecule is COC(=O)c1cc(OC)c(OC)c(SCc2ccc([N+](=O)[O-])cc2)c1. The molecule has 0 amide bonds. The molecular formula is C17H17NO6S. The van der Waals surface area contributed by atoms with Crippen LogP contribution in [0, 0.1) is 10.1 Å². The van der Waals surface area contributed by atoms with Crippen LogP contribution in [0.4, 0.5) is 5.69 Å². The van der Waals surface area contributed by atoms with Crippen LogP contribution in [0.25, 0.3) is 0 Å². The summed E-state index contributed by atoms with van der Waals surface area (Å²) in [6.45, 7) is 0. The Bertz CT molecular complexity index is 775. The number of hydrogen-bond acceptors (Lipinski definition) is 7.